The molecule has 0 aliphatic carbocycles. The molecule has 4 heteroatoms. The lowest BCUT2D eigenvalue weighted by Crippen LogP contribution is -2.31. The Labute approximate surface area is 126 Å². The van der Waals surface area contributed by atoms with Crippen molar-refractivity contribution in [3.63, 3.8) is 0 Å². The topological polar surface area (TPSA) is 32.3 Å². The molecule has 0 aliphatic heterocycles. The summed E-state index contributed by atoms with van der Waals surface area (Å²) < 4.78 is 0. The molecule has 1 unspecified atom stereocenters. The minimum Gasteiger partial charge on any atom is -0.396 e. The van der Waals surface area contributed by atoms with Crippen LogP contribution in [-0.2, 0) is 0 Å². The summed E-state index contributed by atoms with van der Waals surface area (Å²) >= 11 is 12.1. The standard InChI is InChI=1S/C15H23Cl2NO/c1-11(13-6-5-12(16)9-14(13)17)18-10-15(2,3)7-4-8-19/h5-6,9,11,18-19H,4,7-8,10H2,1-3H3. The smallest absolute Gasteiger partial charge is 0.0468 e. The van der Waals surface area contributed by atoms with Gasteiger partial charge in [-0.3, -0.25) is 0 Å². The zero-order valence-electron chi connectivity index (χ0n) is 11.8. The van der Waals surface area contributed by atoms with Crippen LogP contribution in [-0.4, -0.2) is 18.3 Å². The molecule has 1 aromatic carbocycles. The molecular weight excluding hydrogens is 281 g/mol. The van der Waals surface area contributed by atoms with Crippen LogP contribution in [0.3, 0.4) is 0 Å². The lowest BCUT2D eigenvalue weighted by Gasteiger charge is -2.27. The number of aliphatic hydroxyl groups is 1. The summed E-state index contributed by atoms with van der Waals surface area (Å²) in [6.45, 7) is 7.63. The lowest BCUT2D eigenvalue weighted by atomic mass is 9.87. The van der Waals surface area contributed by atoms with Gasteiger partial charge < -0.3 is 10.4 Å². The molecule has 0 fully saturated rings. The molecule has 0 aromatic heterocycles. The van der Waals surface area contributed by atoms with E-state index in [1.54, 1.807) is 6.07 Å². The Morgan fingerprint density at radius 3 is 2.58 bits per heavy atom. The highest BCUT2D eigenvalue weighted by Gasteiger charge is 2.19. The van der Waals surface area contributed by atoms with Crippen molar-refractivity contribution in [2.75, 3.05) is 13.2 Å². The third-order valence-electron chi connectivity index (χ3n) is 3.33. The van der Waals surface area contributed by atoms with Crippen LogP contribution in [0.15, 0.2) is 18.2 Å². The second-order valence-electron chi connectivity index (χ2n) is 5.76. The minimum absolute atomic E-state index is 0.163. The highest BCUT2D eigenvalue weighted by atomic mass is 35.5. The van der Waals surface area contributed by atoms with Crippen molar-refractivity contribution >= 4 is 23.2 Å². The predicted molar refractivity (Wildman–Crippen MR) is 83.0 cm³/mol. The van der Waals surface area contributed by atoms with Crippen molar-refractivity contribution < 1.29 is 5.11 Å². The zero-order chi connectivity index (χ0) is 14.5. The molecule has 0 aliphatic rings. The van der Waals surface area contributed by atoms with E-state index in [1.165, 1.54) is 0 Å². The van der Waals surface area contributed by atoms with E-state index in [4.69, 9.17) is 28.3 Å². The van der Waals surface area contributed by atoms with Crippen molar-refractivity contribution in [2.45, 2.75) is 39.7 Å². The van der Waals surface area contributed by atoms with Gasteiger partial charge in [-0.2, -0.15) is 0 Å². The van der Waals surface area contributed by atoms with E-state index in [1.807, 2.05) is 12.1 Å². The van der Waals surface area contributed by atoms with Gasteiger partial charge in [0.05, 0.1) is 0 Å². The van der Waals surface area contributed by atoms with Gasteiger partial charge >= 0.3 is 0 Å². The van der Waals surface area contributed by atoms with E-state index in [9.17, 15) is 0 Å². The molecule has 0 saturated heterocycles. The van der Waals surface area contributed by atoms with Gasteiger partial charge in [0, 0.05) is 29.2 Å². The maximum absolute atomic E-state index is 8.90. The number of hydrogen-bond donors (Lipinski definition) is 2. The molecular formula is C15H23Cl2NO. The van der Waals surface area contributed by atoms with Crippen molar-refractivity contribution in [2.24, 2.45) is 5.41 Å². The van der Waals surface area contributed by atoms with Gasteiger partial charge in [0.1, 0.15) is 0 Å². The van der Waals surface area contributed by atoms with Crippen LogP contribution in [0.2, 0.25) is 10.0 Å². The Balaban J connectivity index is 2.57. The average molecular weight is 304 g/mol. The number of aliphatic hydroxyl groups excluding tert-OH is 1. The molecule has 2 nitrogen and oxygen atoms in total. The van der Waals surface area contributed by atoms with Crippen LogP contribution < -0.4 is 5.32 Å². The van der Waals surface area contributed by atoms with Gasteiger partial charge in [-0.15, -0.1) is 0 Å². The second kappa shape index (κ2) is 7.49. The Morgan fingerprint density at radius 1 is 1.32 bits per heavy atom. The molecule has 0 bridgehead atoms. The van der Waals surface area contributed by atoms with Crippen molar-refractivity contribution in [3.05, 3.63) is 33.8 Å². The molecule has 0 amide bonds. The van der Waals surface area contributed by atoms with Crippen molar-refractivity contribution in [1.29, 1.82) is 0 Å². The summed E-state index contributed by atoms with van der Waals surface area (Å²) in [5.74, 6) is 0. The Bertz CT molecular complexity index is 407. The van der Waals surface area contributed by atoms with Crippen LogP contribution >= 0.6 is 23.2 Å². The molecule has 0 spiro atoms. The summed E-state index contributed by atoms with van der Waals surface area (Å²) in [5, 5.41) is 13.7. The first kappa shape index (κ1) is 16.8. The van der Waals surface area contributed by atoms with E-state index in [-0.39, 0.29) is 18.1 Å². The van der Waals surface area contributed by atoms with Gasteiger partial charge in [0.25, 0.3) is 0 Å². The van der Waals surface area contributed by atoms with Crippen molar-refractivity contribution in [1.82, 2.24) is 5.32 Å². The molecule has 0 heterocycles. The third kappa shape index (κ3) is 5.70. The number of rotatable bonds is 7. The lowest BCUT2D eigenvalue weighted by molar-refractivity contribution is 0.233. The van der Waals surface area contributed by atoms with Gasteiger partial charge in [0.15, 0.2) is 0 Å². The van der Waals surface area contributed by atoms with Gasteiger partial charge in [0.2, 0.25) is 0 Å². The number of nitrogens with one attached hydrogen (secondary N) is 1. The van der Waals surface area contributed by atoms with E-state index in [0.29, 0.717) is 10.0 Å². The molecule has 1 aromatic rings. The van der Waals surface area contributed by atoms with E-state index >= 15 is 0 Å². The van der Waals surface area contributed by atoms with Crippen LogP contribution in [0.5, 0.6) is 0 Å². The first-order valence-corrected chi connectivity index (χ1v) is 7.40. The van der Waals surface area contributed by atoms with Gasteiger partial charge in [-0.25, -0.2) is 0 Å². The summed E-state index contributed by atoms with van der Waals surface area (Å²) in [6.07, 6.45) is 1.84. The maximum Gasteiger partial charge on any atom is 0.0468 e. The largest absolute Gasteiger partial charge is 0.396 e. The minimum atomic E-state index is 0.163. The number of halogens is 2. The molecule has 2 N–H and O–H groups in total. The maximum atomic E-state index is 8.90. The van der Waals surface area contributed by atoms with Crippen LogP contribution in [0, 0.1) is 5.41 Å². The molecule has 0 radical (unpaired) electrons. The molecule has 108 valence electrons. The summed E-state index contributed by atoms with van der Waals surface area (Å²) in [7, 11) is 0. The highest BCUT2D eigenvalue weighted by molar-refractivity contribution is 6.35. The zero-order valence-corrected chi connectivity index (χ0v) is 13.4. The fourth-order valence-electron chi connectivity index (χ4n) is 2.04. The molecule has 0 saturated carbocycles. The fourth-order valence-corrected chi connectivity index (χ4v) is 2.61. The van der Waals surface area contributed by atoms with Crippen molar-refractivity contribution in [3.8, 4) is 0 Å². The highest BCUT2D eigenvalue weighted by Crippen LogP contribution is 2.27. The molecule has 1 atom stereocenters. The molecule has 1 rings (SSSR count). The Kier molecular flexibility index (Phi) is 6.61. The van der Waals surface area contributed by atoms with E-state index < -0.39 is 0 Å². The molecule has 19 heavy (non-hydrogen) atoms. The third-order valence-corrected chi connectivity index (χ3v) is 3.89. The van der Waals surface area contributed by atoms with E-state index in [2.05, 4.69) is 26.1 Å². The average Bonchev–Trinajstić information content (AvgIpc) is 2.34. The Morgan fingerprint density at radius 2 is 2.00 bits per heavy atom. The first-order valence-electron chi connectivity index (χ1n) is 6.65. The van der Waals surface area contributed by atoms with Crippen LogP contribution in [0.25, 0.3) is 0 Å². The van der Waals surface area contributed by atoms with Gasteiger partial charge in [-0.1, -0.05) is 43.1 Å². The Hall–Kier alpha value is -0.280. The SMILES string of the molecule is CC(NCC(C)(C)CCCO)c1ccc(Cl)cc1Cl. The fraction of sp³-hybridized carbons (Fsp3) is 0.600. The normalized spacial score (nSPS) is 13.6. The number of hydrogen-bond acceptors (Lipinski definition) is 2. The van der Waals surface area contributed by atoms with Crippen LogP contribution in [0.4, 0.5) is 0 Å². The summed E-state index contributed by atoms with van der Waals surface area (Å²) in [4.78, 5) is 0. The quantitative estimate of drug-likeness (QED) is 0.780. The monoisotopic (exact) mass is 303 g/mol. The van der Waals surface area contributed by atoms with Gasteiger partial charge in [-0.05, 0) is 42.9 Å². The predicted octanol–water partition coefficient (Wildman–Crippen LogP) is 4.44. The second-order valence-corrected chi connectivity index (χ2v) is 6.60. The summed E-state index contributed by atoms with van der Waals surface area (Å²) in [5.41, 5.74) is 1.22. The number of benzene rings is 1. The van der Waals surface area contributed by atoms with Crippen LogP contribution in [0.1, 0.15) is 45.2 Å². The first-order chi connectivity index (χ1) is 8.85. The van der Waals surface area contributed by atoms with E-state index in [0.717, 1.165) is 24.9 Å². The summed E-state index contributed by atoms with van der Waals surface area (Å²) in [6, 6.07) is 5.77.